The average molecular weight is 456 g/mol. The standard InChI is InChI=1S/C22H18ClN3O4S/c23-18-9-16(14-27)10-20(11-18)31(29,30)19-4-1-15(2-5-19)3-6-21(28)17-12-25-22-24-7-8-26(22)13-17/h1-2,4-5,7-13,27H,3,6,14H2. The molecule has 0 aliphatic heterocycles. The predicted molar refractivity (Wildman–Crippen MR) is 115 cm³/mol. The zero-order valence-electron chi connectivity index (χ0n) is 16.3. The van der Waals surface area contributed by atoms with Crippen LogP contribution in [0.15, 0.2) is 77.0 Å². The first kappa shape index (κ1) is 21.2. The van der Waals surface area contributed by atoms with Crippen molar-refractivity contribution in [3.05, 3.63) is 89.0 Å². The van der Waals surface area contributed by atoms with Crippen LogP contribution in [0.1, 0.15) is 27.9 Å². The van der Waals surface area contributed by atoms with Crippen LogP contribution in [-0.4, -0.2) is 33.7 Å². The third kappa shape index (κ3) is 4.51. The Kier molecular flexibility index (Phi) is 5.86. The number of hydrogen-bond donors (Lipinski definition) is 1. The van der Waals surface area contributed by atoms with Gasteiger partial charge in [-0.1, -0.05) is 23.7 Å². The molecule has 1 N–H and O–H groups in total. The molecule has 2 aromatic heterocycles. The summed E-state index contributed by atoms with van der Waals surface area (Å²) in [5.41, 5.74) is 1.75. The highest BCUT2D eigenvalue weighted by Gasteiger charge is 2.19. The second kappa shape index (κ2) is 8.58. The molecular formula is C22H18ClN3O4S. The average Bonchev–Trinajstić information content (AvgIpc) is 3.25. The van der Waals surface area contributed by atoms with E-state index in [2.05, 4.69) is 9.97 Å². The van der Waals surface area contributed by atoms with Gasteiger partial charge in [0.2, 0.25) is 15.6 Å². The minimum atomic E-state index is -3.78. The first-order valence-corrected chi connectivity index (χ1v) is 11.3. The number of imidazole rings is 1. The van der Waals surface area contributed by atoms with Crippen molar-refractivity contribution in [1.29, 1.82) is 0 Å². The maximum atomic E-state index is 12.9. The number of aromatic nitrogens is 3. The summed E-state index contributed by atoms with van der Waals surface area (Å²) in [6.07, 6.45) is 7.27. The number of halogens is 1. The number of sulfone groups is 1. The maximum absolute atomic E-state index is 12.9. The molecule has 7 nitrogen and oxygen atoms in total. The molecule has 4 aromatic rings. The molecule has 2 heterocycles. The summed E-state index contributed by atoms with van der Waals surface area (Å²) >= 11 is 5.98. The number of aryl methyl sites for hydroxylation is 1. The van der Waals surface area contributed by atoms with Gasteiger partial charge in [-0.05, 0) is 47.9 Å². The van der Waals surface area contributed by atoms with Gasteiger partial charge in [-0.2, -0.15) is 0 Å². The summed E-state index contributed by atoms with van der Waals surface area (Å²) < 4.78 is 27.5. The number of aliphatic hydroxyl groups is 1. The van der Waals surface area contributed by atoms with E-state index in [9.17, 15) is 18.3 Å². The van der Waals surface area contributed by atoms with E-state index in [0.717, 1.165) is 5.56 Å². The van der Waals surface area contributed by atoms with Gasteiger partial charge in [-0.25, -0.2) is 18.4 Å². The SMILES string of the molecule is O=C(CCc1ccc(S(=O)(=O)c2cc(Cl)cc(CO)c2)cc1)c1cnc2nccn2c1. The molecule has 0 unspecified atom stereocenters. The molecule has 0 atom stereocenters. The molecule has 0 spiro atoms. The topological polar surface area (TPSA) is 102 Å². The molecule has 158 valence electrons. The van der Waals surface area contributed by atoms with E-state index < -0.39 is 9.84 Å². The molecule has 2 aromatic carbocycles. The smallest absolute Gasteiger partial charge is 0.233 e. The fraction of sp³-hybridized carbons (Fsp3) is 0.136. The lowest BCUT2D eigenvalue weighted by atomic mass is 10.0. The molecule has 0 amide bonds. The lowest BCUT2D eigenvalue weighted by Gasteiger charge is -2.08. The van der Waals surface area contributed by atoms with Gasteiger partial charge in [-0.3, -0.25) is 9.20 Å². The van der Waals surface area contributed by atoms with Crippen LogP contribution in [0.5, 0.6) is 0 Å². The van der Waals surface area contributed by atoms with Crippen molar-refractivity contribution in [2.75, 3.05) is 0 Å². The van der Waals surface area contributed by atoms with Crippen LogP contribution >= 0.6 is 11.6 Å². The van der Waals surface area contributed by atoms with Gasteiger partial charge < -0.3 is 5.11 Å². The van der Waals surface area contributed by atoms with Gasteiger partial charge in [0.05, 0.1) is 22.0 Å². The lowest BCUT2D eigenvalue weighted by molar-refractivity contribution is 0.0982. The number of benzene rings is 2. The largest absolute Gasteiger partial charge is 0.392 e. The zero-order chi connectivity index (χ0) is 22.0. The van der Waals surface area contributed by atoms with Crippen molar-refractivity contribution in [2.24, 2.45) is 0 Å². The number of fused-ring (bicyclic) bond motifs is 1. The van der Waals surface area contributed by atoms with Gasteiger partial charge in [0, 0.05) is 36.2 Å². The van der Waals surface area contributed by atoms with Crippen molar-refractivity contribution in [1.82, 2.24) is 14.4 Å². The summed E-state index contributed by atoms with van der Waals surface area (Å²) in [4.78, 5) is 20.8. The Morgan fingerprint density at radius 2 is 1.81 bits per heavy atom. The highest BCUT2D eigenvalue weighted by atomic mass is 35.5. The molecule has 0 bridgehead atoms. The first-order chi connectivity index (χ1) is 14.9. The summed E-state index contributed by atoms with van der Waals surface area (Å²) in [5.74, 6) is 0.467. The van der Waals surface area contributed by atoms with Gasteiger partial charge >= 0.3 is 0 Å². The number of rotatable bonds is 7. The van der Waals surface area contributed by atoms with E-state index in [0.29, 0.717) is 23.3 Å². The normalized spacial score (nSPS) is 11.7. The monoisotopic (exact) mass is 455 g/mol. The Labute approximate surface area is 183 Å². The highest BCUT2D eigenvalue weighted by Crippen LogP contribution is 2.26. The van der Waals surface area contributed by atoms with Crippen molar-refractivity contribution < 1.29 is 18.3 Å². The third-order valence-electron chi connectivity index (χ3n) is 4.87. The predicted octanol–water partition coefficient (Wildman–Crippen LogP) is 3.52. The van der Waals surface area contributed by atoms with E-state index in [1.54, 1.807) is 35.1 Å². The van der Waals surface area contributed by atoms with Crippen molar-refractivity contribution >= 4 is 33.0 Å². The number of carbonyl (C=O) groups is 1. The quantitative estimate of drug-likeness (QED) is 0.428. The number of nitrogens with zero attached hydrogens (tertiary/aromatic N) is 3. The Bertz CT molecular complexity index is 1370. The van der Waals surface area contributed by atoms with E-state index in [4.69, 9.17) is 11.6 Å². The van der Waals surface area contributed by atoms with Crippen LogP contribution in [0.4, 0.5) is 0 Å². The summed E-state index contributed by atoms with van der Waals surface area (Å²) in [6, 6.07) is 10.7. The molecule has 4 rings (SSSR count). The Balaban J connectivity index is 1.47. The summed E-state index contributed by atoms with van der Waals surface area (Å²) in [5, 5.41) is 9.54. The van der Waals surface area contributed by atoms with Crippen molar-refractivity contribution in [3.63, 3.8) is 0 Å². The van der Waals surface area contributed by atoms with Crippen LogP contribution < -0.4 is 0 Å². The van der Waals surface area contributed by atoms with Crippen LogP contribution in [0.2, 0.25) is 5.02 Å². The fourth-order valence-corrected chi connectivity index (χ4v) is 4.88. The van der Waals surface area contributed by atoms with Gasteiger partial charge in [-0.15, -0.1) is 0 Å². The van der Waals surface area contributed by atoms with Crippen LogP contribution in [0.3, 0.4) is 0 Å². The van der Waals surface area contributed by atoms with Gasteiger partial charge in [0.1, 0.15) is 0 Å². The lowest BCUT2D eigenvalue weighted by Crippen LogP contribution is -2.05. The van der Waals surface area contributed by atoms with Crippen molar-refractivity contribution in [2.45, 2.75) is 29.2 Å². The zero-order valence-corrected chi connectivity index (χ0v) is 17.8. The fourth-order valence-electron chi connectivity index (χ4n) is 3.20. The summed E-state index contributed by atoms with van der Waals surface area (Å²) in [6.45, 7) is -0.306. The van der Waals surface area contributed by atoms with Crippen molar-refractivity contribution in [3.8, 4) is 0 Å². The summed E-state index contributed by atoms with van der Waals surface area (Å²) in [7, 11) is -3.78. The van der Waals surface area contributed by atoms with E-state index in [1.807, 2.05) is 0 Å². The molecule has 0 radical (unpaired) electrons. The molecule has 0 saturated carbocycles. The van der Waals surface area contributed by atoms with Crippen LogP contribution in [0, 0.1) is 0 Å². The Morgan fingerprint density at radius 3 is 2.55 bits per heavy atom. The van der Waals surface area contributed by atoms with E-state index in [-0.39, 0.29) is 33.6 Å². The number of ketones is 1. The minimum Gasteiger partial charge on any atom is -0.392 e. The Hall–Kier alpha value is -3.07. The van der Waals surface area contributed by atoms with Gasteiger partial charge in [0.15, 0.2) is 5.78 Å². The molecule has 0 saturated heterocycles. The maximum Gasteiger partial charge on any atom is 0.233 e. The third-order valence-corrected chi connectivity index (χ3v) is 6.83. The molecular weight excluding hydrogens is 438 g/mol. The Morgan fingerprint density at radius 1 is 1.03 bits per heavy atom. The second-order valence-electron chi connectivity index (χ2n) is 7.00. The van der Waals surface area contributed by atoms with Crippen LogP contribution in [-0.2, 0) is 22.9 Å². The number of aliphatic hydroxyl groups excluding tert-OH is 1. The second-order valence-corrected chi connectivity index (χ2v) is 9.39. The molecule has 31 heavy (non-hydrogen) atoms. The van der Waals surface area contributed by atoms with E-state index >= 15 is 0 Å². The minimum absolute atomic E-state index is 0.0226. The molecule has 9 heteroatoms. The van der Waals surface area contributed by atoms with Crippen LogP contribution in [0.25, 0.3) is 5.78 Å². The van der Waals surface area contributed by atoms with Gasteiger partial charge in [0.25, 0.3) is 0 Å². The highest BCUT2D eigenvalue weighted by molar-refractivity contribution is 7.91. The molecule has 0 aliphatic carbocycles. The number of Topliss-reactive ketones (excluding diaryl/α,β-unsaturated/α-hetero) is 1. The molecule has 0 aliphatic rings. The van der Waals surface area contributed by atoms with E-state index in [1.165, 1.54) is 36.5 Å². The first-order valence-electron chi connectivity index (χ1n) is 9.43. The number of hydrogen-bond acceptors (Lipinski definition) is 6. The number of carbonyl (C=O) groups excluding carboxylic acids is 1. The molecule has 0 fully saturated rings.